The Kier molecular flexibility index (Phi) is 5.94. The van der Waals surface area contributed by atoms with Crippen LogP contribution < -0.4 is 0 Å². The Morgan fingerprint density at radius 2 is 1.61 bits per heavy atom. The Labute approximate surface area is 144 Å². The van der Waals surface area contributed by atoms with E-state index in [2.05, 4.69) is 70.7 Å². The van der Waals surface area contributed by atoms with E-state index in [4.69, 9.17) is 0 Å². The highest BCUT2D eigenvalue weighted by atomic mass is 15.2. The number of benzene rings is 1. The molecule has 130 valence electrons. The Morgan fingerprint density at radius 3 is 2.17 bits per heavy atom. The number of rotatable bonds is 5. The van der Waals surface area contributed by atoms with E-state index in [1.165, 1.54) is 56.2 Å². The molecule has 0 saturated carbocycles. The first-order chi connectivity index (χ1) is 10.7. The average molecular weight is 316 g/mol. The lowest BCUT2D eigenvalue weighted by Crippen LogP contribution is -2.40. The third-order valence-electron chi connectivity index (χ3n) is 5.12. The first-order valence-electron chi connectivity index (χ1n) is 9.52. The average Bonchev–Trinajstić information content (AvgIpc) is 2.93. The molecular formula is C22H37N. The van der Waals surface area contributed by atoms with E-state index < -0.39 is 0 Å². The maximum Gasteiger partial charge on any atom is 0.0353 e. The molecule has 2 rings (SSSR count). The summed E-state index contributed by atoms with van der Waals surface area (Å²) < 4.78 is 0. The fourth-order valence-electron chi connectivity index (χ4n) is 3.81. The van der Waals surface area contributed by atoms with Crippen LogP contribution in [-0.4, -0.2) is 17.0 Å². The van der Waals surface area contributed by atoms with E-state index in [1.807, 2.05) is 0 Å². The van der Waals surface area contributed by atoms with Crippen molar-refractivity contribution in [1.29, 1.82) is 0 Å². The van der Waals surface area contributed by atoms with Gasteiger partial charge in [0, 0.05) is 11.6 Å². The molecule has 1 unspecified atom stereocenters. The molecule has 1 nitrogen and oxygen atoms in total. The minimum atomic E-state index is 0.271. The van der Waals surface area contributed by atoms with Crippen molar-refractivity contribution in [3.63, 3.8) is 0 Å². The first-order valence-corrected chi connectivity index (χ1v) is 9.52. The normalized spacial score (nSPS) is 20.2. The van der Waals surface area contributed by atoms with Crippen molar-refractivity contribution >= 4 is 0 Å². The number of unbranched alkanes of at least 4 members (excludes halogenated alkanes) is 1. The van der Waals surface area contributed by atoms with Gasteiger partial charge in [-0.15, -0.1) is 0 Å². The summed E-state index contributed by atoms with van der Waals surface area (Å²) in [5.74, 6) is 0. The second kappa shape index (κ2) is 7.38. The summed E-state index contributed by atoms with van der Waals surface area (Å²) in [4.78, 5) is 2.67. The lowest BCUT2D eigenvalue weighted by molar-refractivity contribution is 0.121. The van der Waals surface area contributed by atoms with Gasteiger partial charge in [0.25, 0.3) is 0 Å². The topological polar surface area (TPSA) is 3.24 Å². The SMILES string of the molecule is CC(C)(C)CCCCc1ccc(C2CCCN2C(C)(C)C)cc1. The van der Waals surface area contributed by atoms with Crippen LogP contribution in [0, 0.1) is 5.41 Å². The summed E-state index contributed by atoms with van der Waals surface area (Å²) in [6, 6.07) is 10.1. The zero-order valence-corrected chi connectivity index (χ0v) is 16.3. The van der Waals surface area contributed by atoms with Crippen LogP contribution in [0.25, 0.3) is 0 Å². The molecule has 0 aliphatic carbocycles. The number of hydrogen-bond acceptors (Lipinski definition) is 1. The van der Waals surface area contributed by atoms with Crippen LogP contribution in [0.5, 0.6) is 0 Å². The van der Waals surface area contributed by atoms with E-state index in [9.17, 15) is 0 Å². The smallest absolute Gasteiger partial charge is 0.0353 e. The molecule has 1 aliphatic heterocycles. The largest absolute Gasteiger partial charge is 0.291 e. The molecule has 0 amide bonds. The second-order valence-electron chi connectivity index (χ2n) is 9.53. The first kappa shape index (κ1) is 18.5. The molecule has 23 heavy (non-hydrogen) atoms. The van der Waals surface area contributed by atoms with Crippen molar-refractivity contribution in [1.82, 2.24) is 4.90 Å². The van der Waals surface area contributed by atoms with Gasteiger partial charge in [-0.2, -0.15) is 0 Å². The highest BCUT2D eigenvalue weighted by Crippen LogP contribution is 2.37. The molecule has 1 fully saturated rings. The molecule has 0 radical (unpaired) electrons. The van der Waals surface area contributed by atoms with Crippen LogP contribution in [0.15, 0.2) is 24.3 Å². The summed E-state index contributed by atoms with van der Waals surface area (Å²) in [6.45, 7) is 15.3. The van der Waals surface area contributed by atoms with Crippen molar-refractivity contribution < 1.29 is 0 Å². The van der Waals surface area contributed by atoms with Gasteiger partial charge in [0.1, 0.15) is 0 Å². The zero-order valence-electron chi connectivity index (χ0n) is 16.3. The molecule has 1 heterocycles. The fraction of sp³-hybridized carbons (Fsp3) is 0.727. The van der Waals surface area contributed by atoms with Gasteiger partial charge in [-0.05, 0) is 76.0 Å². The van der Waals surface area contributed by atoms with Gasteiger partial charge in [-0.1, -0.05) is 51.5 Å². The number of aryl methyl sites for hydroxylation is 1. The van der Waals surface area contributed by atoms with E-state index in [0.717, 1.165) is 0 Å². The van der Waals surface area contributed by atoms with Crippen molar-refractivity contribution in [2.45, 2.75) is 91.6 Å². The third-order valence-corrected chi connectivity index (χ3v) is 5.12. The lowest BCUT2D eigenvalue weighted by atomic mass is 9.89. The molecule has 0 bridgehead atoms. The highest BCUT2D eigenvalue weighted by Gasteiger charge is 2.33. The van der Waals surface area contributed by atoms with Gasteiger partial charge >= 0.3 is 0 Å². The third kappa shape index (κ3) is 5.64. The standard InChI is InChI=1S/C22H37N/c1-21(2,3)16-8-7-10-18-12-14-19(15-13-18)20-11-9-17-23(20)22(4,5)6/h12-15,20H,7-11,16-17H2,1-6H3. The molecule has 1 aromatic rings. The summed E-state index contributed by atoms with van der Waals surface area (Å²) in [5.41, 5.74) is 3.76. The van der Waals surface area contributed by atoms with Gasteiger partial charge in [0.15, 0.2) is 0 Å². The molecule has 0 spiro atoms. The van der Waals surface area contributed by atoms with Crippen LogP contribution in [0.2, 0.25) is 0 Å². The van der Waals surface area contributed by atoms with Crippen LogP contribution in [-0.2, 0) is 6.42 Å². The predicted octanol–water partition coefficient (Wildman–Crippen LogP) is 6.38. The molecule has 1 saturated heterocycles. The summed E-state index contributed by atoms with van der Waals surface area (Å²) >= 11 is 0. The van der Waals surface area contributed by atoms with Crippen molar-refractivity contribution in [2.24, 2.45) is 5.41 Å². The lowest BCUT2D eigenvalue weighted by Gasteiger charge is -2.37. The van der Waals surface area contributed by atoms with E-state index >= 15 is 0 Å². The minimum Gasteiger partial charge on any atom is -0.291 e. The summed E-state index contributed by atoms with van der Waals surface area (Å²) in [5, 5.41) is 0. The predicted molar refractivity (Wildman–Crippen MR) is 102 cm³/mol. The molecule has 1 aromatic carbocycles. The molecule has 1 heteroatoms. The Hall–Kier alpha value is -0.820. The van der Waals surface area contributed by atoms with E-state index in [0.29, 0.717) is 11.5 Å². The molecule has 1 aliphatic rings. The van der Waals surface area contributed by atoms with Crippen molar-refractivity contribution in [3.05, 3.63) is 35.4 Å². The fourth-order valence-corrected chi connectivity index (χ4v) is 3.81. The highest BCUT2D eigenvalue weighted by molar-refractivity contribution is 5.26. The molecular weight excluding hydrogens is 278 g/mol. The summed E-state index contributed by atoms with van der Waals surface area (Å²) in [6.07, 6.45) is 7.84. The summed E-state index contributed by atoms with van der Waals surface area (Å²) in [7, 11) is 0. The monoisotopic (exact) mass is 315 g/mol. The van der Waals surface area contributed by atoms with Crippen LogP contribution >= 0.6 is 0 Å². The maximum atomic E-state index is 2.67. The van der Waals surface area contributed by atoms with Gasteiger partial charge in [-0.25, -0.2) is 0 Å². The van der Waals surface area contributed by atoms with Gasteiger partial charge in [0.2, 0.25) is 0 Å². The van der Waals surface area contributed by atoms with Gasteiger partial charge in [-0.3, -0.25) is 4.90 Å². The molecule has 0 aromatic heterocycles. The van der Waals surface area contributed by atoms with Crippen LogP contribution in [0.3, 0.4) is 0 Å². The Bertz CT molecular complexity index is 472. The van der Waals surface area contributed by atoms with Crippen LogP contribution in [0.1, 0.15) is 90.8 Å². The second-order valence-corrected chi connectivity index (χ2v) is 9.53. The van der Waals surface area contributed by atoms with Crippen molar-refractivity contribution in [3.8, 4) is 0 Å². The maximum absolute atomic E-state index is 2.67. The Morgan fingerprint density at radius 1 is 0.957 bits per heavy atom. The van der Waals surface area contributed by atoms with Gasteiger partial charge in [0.05, 0.1) is 0 Å². The van der Waals surface area contributed by atoms with Crippen molar-refractivity contribution in [2.75, 3.05) is 6.54 Å². The van der Waals surface area contributed by atoms with Crippen LogP contribution in [0.4, 0.5) is 0 Å². The molecule has 1 atom stereocenters. The number of likely N-dealkylation sites (tertiary alicyclic amines) is 1. The zero-order chi connectivity index (χ0) is 17.1. The minimum absolute atomic E-state index is 0.271. The number of nitrogens with zero attached hydrogens (tertiary/aromatic N) is 1. The van der Waals surface area contributed by atoms with E-state index in [-0.39, 0.29) is 5.54 Å². The Balaban J connectivity index is 1.89. The number of hydrogen-bond donors (Lipinski definition) is 0. The quantitative estimate of drug-likeness (QED) is 0.570. The van der Waals surface area contributed by atoms with E-state index in [1.54, 1.807) is 0 Å². The van der Waals surface area contributed by atoms with Gasteiger partial charge < -0.3 is 0 Å². The molecule has 0 N–H and O–H groups in total.